The Morgan fingerprint density at radius 3 is 2.41 bits per heavy atom. The van der Waals surface area contributed by atoms with E-state index in [1.165, 1.54) is 6.33 Å². The summed E-state index contributed by atoms with van der Waals surface area (Å²) >= 11 is 0. The van der Waals surface area contributed by atoms with Crippen LogP contribution in [0.4, 0.5) is 5.82 Å². The van der Waals surface area contributed by atoms with E-state index in [1.54, 1.807) is 38.6 Å². The molecule has 2 aromatic heterocycles. The molecule has 1 saturated carbocycles. The van der Waals surface area contributed by atoms with Gasteiger partial charge in [-0.05, 0) is 31.8 Å². The van der Waals surface area contributed by atoms with E-state index in [0.717, 1.165) is 0 Å². The molecule has 150 valence electrons. The Labute approximate surface area is 158 Å². The molecule has 0 aliphatic heterocycles. The molecule has 1 fully saturated rings. The van der Waals surface area contributed by atoms with Crippen LogP contribution in [0.2, 0.25) is 0 Å². The number of aromatic nitrogens is 4. The zero-order valence-electron chi connectivity index (χ0n) is 16.2. The number of nitrogen functional groups attached to an aromatic ring is 1. The molecule has 9 nitrogen and oxygen atoms in total. The van der Waals surface area contributed by atoms with Crippen molar-refractivity contribution in [3.8, 4) is 0 Å². The molecule has 27 heavy (non-hydrogen) atoms. The second-order valence-corrected chi connectivity index (χ2v) is 9.83. The molecule has 2 N–H and O–H groups in total. The number of hydrogen-bond donors (Lipinski definition) is 1. The van der Waals surface area contributed by atoms with Gasteiger partial charge >= 0.3 is 0 Å². The van der Waals surface area contributed by atoms with Crippen LogP contribution in [0.3, 0.4) is 0 Å². The molecule has 0 radical (unpaired) electrons. The molecule has 1 aliphatic rings. The minimum absolute atomic E-state index is 0.0950. The molecule has 10 heteroatoms. The van der Waals surface area contributed by atoms with Crippen molar-refractivity contribution >= 4 is 24.6 Å². The summed E-state index contributed by atoms with van der Waals surface area (Å²) in [5.41, 5.74) is 6.10. The number of nitrogens with two attached hydrogens (primary N) is 1. The highest BCUT2D eigenvalue weighted by atomic mass is 31.2. The topological polar surface area (TPSA) is 142 Å². The van der Waals surface area contributed by atoms with E-state index in [4.69, 9.17) is 10.5 Å². The second-order valence-electron chi connectivity index (χ2n) is 8.13. The molecule has 1 aliphatic carbocycles. The van der Waals surface area contributed by atoms with Gasteiger partial charge in [0.15, 0.2) is 11.5 Å². The van der Waals surface area contributed by atoms with Crippen LogP contribution < -0.4 is 15.5 Å². The van der Waals surface area contributed by atoms with Crippen LogP contribution in [0.1, 0.15) is 41.0 Å². The van der Waals surface area contributed by atoms with E-state index in [-0.39, 0.29) is 11.7 Å². The Hall–Kier alpha value is -1.54. The number of anilines is 1. The molecule has 0 bridgehead atoms. The monoisotopic (exact) mass is 395 g/mol. The van der Waals surface area contributed by atoms with Crippen LogP contribution in [0.25, 0.3) is 11.2 Å². The SMILES string of the molecule is CC1CC1(Cn1cnc2c(N)ncnc21)OC(C(C)C)(C(C)C)P(=O)([O-])[O-]. The lowest BCUT2D eigenvalue weighted by atomic mass is 9.94. The predicted octanol–water partition coefficient (Wildman–Crippen LogP) is 1.13. The van der Waals surface area contributed by atoms with Gasteiger partial charge in [0.2, 0.25) is 0 Å². The molecule has 2 heterocycles. The third-order valence-corrected chi connectivity index (χ3v) is 7.69. The summed E-state index contributed by atoms with van der Waals surface area (Å²) in [6.07, 6.45) is 3.59. The number of rotatable bonds is 7. The number of nitrogens with zero attached hydrogens (tertiary/aromatic N) is 4. The lowest BCUT2D eigenvalue weighted by Gasteiger charge is -2.56. The Morgan fingerprint density at radius 1 is 1.33 bits per heavy atom. The van der Waals surface area contributed by atoms with Gasteiger partial charge in [0.25, 0.3) is 0 Å². The lowest BCUT2D eigenvalue weighted by molar-refractivity contribution is -0.342. The first kappa shape index (κ1) is 20.2. The summed E-state index contributed by atoms with van der Waals surface area (Å²) in [6.45, 7) is 9.16. The Bertz CT molecular complexity index is 885. The van der Waals surface area contributed by atoms with Gasteiger partial charge in [0.1, 0.15) is 11.8 Å². The maximum atomic E-state index is 12.3. The van der Waals surface area contributed by atoms with Crippen molar-refractivity contribution in [2.24, 2.45) is 17.8 Å². The minimum atomic E-state index is -5.04. The summed E-state index contributed by atoms with van der Waals surface area (Å²) in [7, 11) is -5.04. The molecule has 2 unspecified atom stereocenters. The molecular weight excluding hydrogens is 369 g/mol. The van der Waals surface area contributed by atoms with E-state index in [1.807, 2.05) is 6.92 Å². The van der Waals surface area contributed by atoms with Gasteiger partial charge in [0, 0.05) is 0 Å². The fourth-order valence-electron chi connectivity index (χ4n) is 4.07. The Balaban J connectivity index is 2.00. The number of hydrogen-bond acceptors (Lipinski definition) is 8. The van der Waals surface area contributed by atoms with Crippen molar-refractivity contribution in [2.75, 3.05) is 5.73 Å². The van der Waals surface area contributed by atoms with E-state index >= 15 is 0 Å². The van der Waals surface area contributed by atoms with Gasteiger partial charge in [0.05, 0.1) is 23.8 Å². The quantitative estimate of drug-likeness (QED) is 0.687. The molecule has 0 spiro atoms. The first-order chi connectivity index (χ1) is 12.4. The zero-order valence-corrected chi connectivity index (χ0v) is 17.1. The first-order valence-electron chi connectivity index (χ1n) is 9.08. The molecule has 2 atom stereocenters. The smallest absolute Gasteiger partial charge is 0.165 e. The van der Waals surface area contributed by atoms with Gasteiger partial charge in [-0.3, -0.25) is 0 Å². The number of imidazole rings is 1. The van der Waals surface area contributed by atoms with Gasteiger partial charge in [-0.1, -0.05) is 34.6 Å². The van der Waals surface area contributed by atoms with Crippen molar-refractivity contribution < 1.29 is 19.1 Å². The molecule has 2 aromatic rings. The van der Waals surface area contributed by atoms with Gasteiger partial charge in [-0.2, -0.15) is 0 Å². The maximum Gasteiger partial charge on any atom is 0.165 e. The summed E-state index contributed by atoms with van der Waals surface area (Å²) in [4.78, 5) is 37.0. The largest absolute Gasteiger partial charge is 0.809 e. The molecule has 0 amide bonds. The third kappa shape index (κ3) is 3.16. The lowest BCUT2D eigenvalue weighted by Crippen LogP contribution is -2.53. The Morgan fingerprint density at radius 2 is 1.93 bits per heavy atom. The second kappa shape index (κ2) is 6.51. The summed E-state index contributed by atoms with van der Waals surface area (Å²) in [5, 5.41) is -1.78. The summed E-state index contributed by atoms with van der Waals surface area (Å²) in [5.74, 6) is -0.599. The molecule has 0 saturated heterocycles. The van der Waals surface area contributed by atoms with Gasteiger partial charge in [-0.15, -0.1) is 0 Å². The molecule has 0 aromatic carbocycles. The van der Waals surface area contributed by atoms with Gasteiger partial charge < -0.3 is 29.4 Å². The number of ether oxygens (including phenoxy) is 1. The molecular formula is C17H26N5O4P-2. The van der Waals surface area contributed by atoms with Crippen molar-refractivity contribution in [1.82, 2.24) is 19.5 Å². The highest BCUT2D eigenvalue weighted by molar-refractivity contribution is 7.50. The van der Waals surface area contributed by atoms with E-state index in [0.29, 0.717) is 24.1 Å². The fourth-order valence-corrected chi connectivity index (χ4v) is 5.63. The highest BCUT2D eigenvalue weighted by Gasteiger charge is 2.59. The average Bonchev–Trinajstić information content (AvgIpc) is 2.96. The van der Waals surface area contributed by atoms with E-state index < -0.39 is 30.4 Å². The Kier molecular flexibility index (Phi) is 4.87. The van der Waals surface area contributed by atoms with Crippen LogP contribution in [-0.2, 0) is 15.8 Å². The third-order valence-electron chi connectivity index (χ3n) is 5.71. The average molecular weight is 395 g/mol. The van der Waals surface area contributed by atoms with Crippen LogP contribution >= 0.6 is 7.60 Å². The minimum Gasteiger partial charge on any atom is -0.809 e. The number of fused-ring (bicyclic) bond motifs is 1. The van der Waals surface area contributed by atoms with Crippen LogP contribution in [0.5, 0.6) is 0 Å². The summed E-state index contributed by atoms with van der Waals surface area (Å²) < 4.78 is 20.4. The van der Waals surface area contributed by atoms with Crippen molar-refractivity contribution in [2.45, 2.75) is 58.5 Å². The normalized spacial score (nSPS) is 23.5. The van der Waals surface area contributed by atoms with E-state index in [2.05, 4.69) is 15.0 Å². The molecule has 3 rings (SSSR count). The maximum absolute atomic E-state index is 12.3. The van der Waals surface area contributed by atoms with Crippen molar-refractivity contribution in [1.29, 1.82) is 0 Å². The first-order valence-corrected chi connectivity index (χ1v) is 10.6. The highest BCUT2D eigenvalue weighted by Crippen LogP contribution is 2.61. The zero-order chi connectivity index (χ0) is 20.2. The van der Waals surface area contributed by atoms with Crippen LogP contribution in [0, 0.1) is 17.8 Å². The van der Waals surface area contributed by atoms with E-state index in [9.17, 15) is 14.4 Å². The summed E-state index contributed by atoms with van der Waals surface area (Å²) in [6, 6.07) is 0. The van der Waals surface area contributed by atoms with Crippen molar-refractivity contribution in [3.63, 3.8) is 0 Å². The predicted molar refractivity (Wildman–Crippen MR) is 97.3 cm³/mol. The van der Waals surface area contributed by atoms with Crippen LogP contribution in [0.15, 0.2) is 12.7 Å². The van der Waals surface area contributed by atoms with Crippen LogP contribution in [-0.4, -0.2) is 30.5 Å². The fraction of sp³-hybridized carbons (Fsp3) is 0.706. The standard InChI is InChI=1S/C17H28N5O4P/c1-10(2)17(11(3)4,27(23,24)25)26-16(6-12(16)5)7-22-9-21-13-14(18)19-8-20-15(13)22/h8-12H,6-7H2,1-5H3,(H2,18,19,20)(H2,23,24,25)/p-2. The van der Waals surface area contributed by atoms with Crippen molar-refractivity contribution in [3.05, 3.63) is 12.7 Å². The van der Waals surface area contributed by atoms with Gasteiger partial charge in [-0.25, -0.2) is 15.0 Å².